The van der Waals surface area contributed by atoms with Gasteiger partial charge >= 0.3 is 5.97 Å². The zero-order valence-corrected chi connectivity index (χ0v) is 15.8. The number of carbonyl (C=O) groups excluding carboxylic acids is 2. The molecule has 27 heavy (non-hydrogen) atoms. The minimum Gasteiger partial charge on any atom is -0.469 e. The van der Waals surface area contributed by atoms with Crippen molar-refractivity contribution in [3.8, 4) is 0 Å². The van der Waals surface area contributed by atoms with Crippen molar-refractivity contribution < 1.29 is 19.1 Å². The third-order valence-corrected chi connectivity index (χ3v) is 7.52. The predicted octanol–water partition coefficient (Wildman–Crippen LogP) is 1.79. The number of benzene rings is 1. The zero-order chi connectivity index (χ0) is 18.8. The van der Waals surface area contributed by atoms with Crippen LogP contribution in [0.3, 0.4) is 0 Å². The Morgan fingerprint density at radius 2 is 2.15 bits per heavy atom. The molecule has 0 radical (unpaired) electrons. The van der Waals surface area contributed by atoms with Gasteiger partial charge < -0.3 is 14.8 Å². The molecular weight excluding hydrogens is 344 g/mol. The molecule has 144 valence electrons. The molecule has 6 atom stereocenters. The summed E-state index contributed by atoms with van der Waals surface area (Å²) in [6.45, 7) is 4.30. The highest BCUT2D eigenvalue weighted by Gasteiger charge is 2.61. The lowest BCUT2D eigenvalue weighted by atomic mass is 9.65. The molecule has 4 heterocycles. The lowest BCUT2D eigenvalue weighted by Gasteiger charge is -2.50. The number of carbonyl (C=O) groups is 2. The molecule has 0 saturated carbocycles. The number of piperidine rings is 1. The molecule has 1 spiro atoms. The van der Waals surface area contributed by atoms with Crippen LogP contribution in [0.1, 0.15) is 25.3 Å². The number of anilines is 1. The molecular formula is C21H26N2O4. The summed E-state index contributed by atoms with van der Waals surface area (Å²) < 4.78 is 11.0. The molecule has 5 rings (SSSR count). The number of para-hydroxylation sites is 1. The number of esters is 1. The number of hydrogen-bond acceptors (Lipinski definition) is 5. The Labute approximate surface area is 159 Å². The molecule has 0 aromatic heterocycles. The largest absolute Gasteiger partial charge is 0.469 e. The minimum atomic E-state index is -0.496. The van der Waals surface area contributed by atoms with E-state index < -0.39 is 5.41 Å². The van der Waals surface area contributed by atoms with E-state index in [1.165, 1.54) is 7.11 Å². The smallest absolute Gasteiger partial charge is 0.311 e. The highest BCUT2D eigenvalue weighted by molar-refractivity contribution is 6.07. The molecule has 0 unspecified atom stereocenters. The fraction of sp³-hybridized carbons (Fsp3) is 0.619. The van der Waals surface area contributed by atoms with Crippen molar-refractivity contribution in [1.82, 2.24) is 4.90 Å². The topological polar surface area (TPSA) is 67.9 Å². The third-order valence-electron chi connectivity index (χ3n) is 7.52. The summed E-state index contributed by atoms with van der Waals surface area (Å²) in [4.78, 5) is 28.0. The first-order valence-electron chi connectivity index (χ1n) is 9.90. The van der Waals surface area contributed by atoms with Crippen LogP contribution in [0, 0.1) is 17.8 Å². The molecule has 4 aliphatic heterocycles. The number of methoxy groups -OCH3 is 1. The Hall–Kier alpha value is -1.92. The van der Waals surface area contributed by atoms with Gasteiger partial charge in [-0.2, -0.15) is 0 Å². The van der Waals surface area contributed by atoms with E-state index in [0.717, 1.165) is 37.2 Å². The highest BCUT2D eigenvalue weighted by Crippen LogP contribution is 2.54. The standard InChI is InChI=1S/C21H26N2O4/c1-12-14-10-23-8-7-21(16-5-3-4-6-17(16)22-20(21)25)18(23)9-13(14)15(11-27-12)19(24)26-2/h3-6,12-15,18H,7-11H2,1-2H3,(H,22,25)/t12-,13-,14+,15-,18-,21+/m0/s1. The lowest BCUT2D eigenvalue weighted by Crippen LogP contribution is -2.59. The van der Waals surface area contributed by atoms with E-state index in [4.69, 9.17) is 9.47 Å². The van der Waals surface area contributed by atoms with Crippen molar-refractivity contribution in [2.75, 3.05) is 32.1 Å². The summed E-state index contributed by atoms with van der Waals surface area (Å²) in [5.41, 5.74) is 1.57. The van der Waals surface area contributed by atoms with Gasteiger partial charge in [0, 0.05) is 24.2 Å². The number of hydrogen-bond donors (Lipinski definition) is 1. The minimum absolute atomic E-state index is 0.115. The van der Waals surface area contributed by atoms with E-state index in [1.807, 2.05) is 18.2 Å². The molecule has 1 aromatic carbocycles. The lowest BCUT2D eigenvalue weighted by molar-refractivity contribution is -0.169. The second kappa shape index (κ2) is 6.04. The number of rotatable bonds is 1. The highest BCUT2D eigenvalue weighted by atomic mass is 16.5. The van der Waals surface area contributed by atoms with E-state index in [2.05, 4.69) is 23.2 Å². The van der Waals surface area contributed by atoms with Crippen LogP contribution in [0.2, 0.25) is 0 Å². The van der Waals surface area contributed by atoms with Crippen LogP contribution in [0.25, 0.3) is 0 Å². The molecule has 6 nitrogen and oxygen atoms in total. The van der Waals surface area contributed by atoms with Crippen LogP contribution in [-0.2, 0) is 24.5 Å². The molecule has 1 aromatic rings. The normalized spacial score (nSPS) is 40.2. The van der Waals surface area contributed by atoms with Crippen molar-refractivity contribution in [3.05, 3.63) is 29.8 Å². The average Bonchev–Trinajstić information content (AvgIpc) is 3.20. The van der Waals surface area contributed by atoms with Gasteiger partial charge in [0.1, 0.15) is 0 Å². The Bertz CT molecular complexity index is 796. The Morgan fingerprint density at radius 1 is 1.33 bits per heavy atom. The van der Waals surface area contributed by atoms with E-state index in [9.17, 15) is 9.59 Å². The number of amides is 1. The van der Waals surface area contributed by atoms with E-state index >= 15 is 0 Å². The Kier molecular flexibility index (Phi) is 3.85. The Morgan fingerprint density at radius 3 is 2.96 bits per heavy atom. The maximum Gasteiger partial charge on any atom is 0.311 e. The van der Waals surface area contributed by atoms with Crippen molar-refractivity contribution >= 4 is 17.6 Å². The molecule has 3 fully saturated rings. The van der Waals surface area contributed by atoms with E-state index in [0.29, 0.717) is 12.5 Å². The van der Waals surface area contributed by atoms with Gasteiger partial charge in [-0.25, -0.2) is 0 Å². The number of fused-ring (bicyclic) bond motifs is 5. The van der Waals surface area contributed by atoms with Gasteiger partial charge in [0.25, 0.3) is 0 Å². The van der Waals surface area contributed by atoms with Crippen molar-refractivity contribution in [3.63, 3.8) is 0 Å². The first-order valence-corrected chi connectivity index (χ1v) is 9.90. The first kappa shape index (κ1) is 17.2. The van der Waals surface area contributed by atoms with Crippen molar-refractivity contribution in [1.29, 1.82) is 0 Å². The van der Waals surface area contributed by atoms with E-state index in [1.54, 1.807) is 0 Å². The summed E-state index contributed by atoms with van der Waals surface area (Å²) in [5, 5.41) is 3.11. The third kappa shape index (κ3) is 2.26. The summed E-state index contributed by atoms with van der Waals surface area (Å²) in [6.07, 6.45) is 1.79. The second-order valence-electron chi connectivity index (χ2n) is 8.46. The number of nitrogens with one attached hydrogen (secondary N) is 1. The van der Waals surface area contributed by atoms with Gasteiger partial charge in [-0.3, -0.25) is 14.5 Å². The molecule has 1 N–H and O–H groups in total. The molecule has 0 aliphatic carbocycles. The van der Waals surface area contributed by atoms with Gasteiger partial charge in [0.2, 0.25) is 5.91 Å². The van der Waals surface area contributed by atoms with Crippen LogP contribution >= 0.6 is 0 Å². The summed E-state index contributed by atoms with van der Waals surface area (Å²) >= 11 is 0. The Balaban J connectivity index is 1.53. The van der Waals surface area contributed by atoms with Crippen LogP contribution in [0.15, 0.2) is 24.3 Å². The monoisotopic (exact) mass is 370 g/mol. The van der Waals surface area contributed by atoms with Gasteiger partial charge in [-0.05, 0) is 43.9 Å². The van der Waals surface area contributed by atoms with Crippen molar-refractivity contribution in [2.45, 2.75) is 37.3 Å². The molecule has 3 saturated heterocycles. The van der Waals surface area contributed by atoms with Crippen molar-refractivity contribution in [2.24, 2.45) is 17.8 Å². The maximum atomic E-state index is 13.2. The molecule has 0 bridgehead atoms. The molecule has 1 amide bonds. The van der Waals surface area contributed by atoms with Crippen LogP contribution in [-0.4, -0.2) is 55.7 Å². The quantitative estimate of drug-likeness (QED) is 0.764. The summed E-state index contributed by atoms with van der Waals surface area (Å²) in [7, 11) is 1.45. The summed E-state index contributed by atoms with van der Waals surface area (Å²) in [6, 6.07) is 8.19. The average molecular weight is 370 g/mol. The fourth-order valence-electron chi connectivity index (χ4n) is 6.13. The first-order chi connectivity index (χ1) is 13.1. The number of nitrogens with zero attached hydrogens (tertiary/aromatic N) is 1. The van der Waals surface area contributed by atoms with Gasteiger partial charge in [-0.15, -0.1) is 0 Å². The SMILES string of the molecule is COC(=O)[C@H]1CO[C@@H](C)[C@H]2CN3CC[C@]4(C(=O)Nc5ccccc54)[C@@H]3C[C@@H]21. The van der Waals surface area contributed by atoms with Gasteiger partial charge in [0.05, 0.1) is 31.2 Å². The van der Waals surface area contributed by atoms with Crippen LogP contribution in [0.5, 0.6) is 0 Å². The maximum absolute atomic E-state index is 13.2. The fourth-order valence-corrected chi connectivity index (χ4v) is 6.13. The molecule has 6 heteroatoms. The van der Waals surface area contributed by atoms with Crippen LogP contribution < -0.4 is 5.32 Å². The summed E-state index contributed by atoms with van der Waals surface area (Å²) in [5.74, 6) is 0.181. The molecule has 4 aliphatic rings. The number of ether oxygens (including phenoxy) is 2. The van der Waals surface area contributed by atoms with Gasteiger partial charge in [0.15, 0.2) is 0 Å². The zero-order valence-electron chi connectivity index (χ0n) is 15.8. The van der Waals surface area contributed by atoms with E-state index in [-0.39, 0.29) is 35.9 Å². The predicted molar refractivity (Wildman–Crippen MR) is 99.2 cm³/mol. The van der Waals surface area contributed by atoms with Gasteiger partial charge in [-0.1, -0.05) is 18.2 Å². The van der Waals surface area contributed by atoms with Crippen LogP contribution in [0.4, 0.5) is 5.69 Å². The second-order valence-corrected chi connectivity index (χ2v) is 8.46.